The maximum absolute atomic E-state index is 5.62. The molecule has 0 saturated carbocycles. The third kappa shape index (κ3) is 4.17. The van der Waals surface area contributed by atoms with Crippen molar-refractivity contribution in [2.45, 2.75) is 32.6 Å². The van der Waals surface area contributed by atoms with Crippen LogP contribution in [0.2, 0.25) is 0 Å². The molecule has 1 aromatic heterocycles. The lowest BCUT2D eigenvalue weighted by atomic mass is 10.1. The Labute approximate surface area is 173 Å². The van der Waals surface area contributed by atoms with E-state index in [4.69, 9.17) is 9.72 Å². The first kappa shape index (κ1) is 18.7. The van der Waals surface area contributed by atoms with Gasteiger partial charge in [0.25, 0.3) is 0 Å². The largest absolute Gasteiger partial charge is 0.493 e. The molecule has 0 atom stereocenters. The molecule has 3 aliphatic rings. The number of hydrogen-bond donors (Lipinski definition) is 0. The van der Waals surface area contributed by atoms with E-state index in [2.05, 4.69) is 43.9 Å². The summed E-state index contributed by atoms with van der Waals surface area (Å²) in [4.78, 5) is 16.8. The summed E-state index contributed by atoms with van der Waals surface area (Å²) >= 11 is 0. The highest BCUT2D eigenvalue weighted by atomic mass is 16.5. The molecule has 0 amide bonds. The van der Waals surface area contributed by atoms with E-state index < -0.39 is 0 Å². The predicted octanol–water partition coefficient (Wildman–Crippen LogP) is 2.68. The molecule has 0 unspecified atom stereocenters. The molecule has 0 aliphatic carbocycles. The van der Waals surface area contributed by atoms with E-state index in [1.165, 1.54) is 24.0 Å². The number of aryl methyl sites for hydroxylation is 1. The molecule has 1 aromatic carbocycles. The molecule has 4 heterocycles. The average molecular weight is 394 g/mol. The van der Waals surface area contributed by atoms with Gasteiger partial charge in [0.2, 0.25) is 0 Å². The van der Waals surface area contributed by atoms with Crippen molar-refractivity contribution in [3.8, 4) is 5.75 Å². The Kier molecular flexibility index (Phi) is 5.27. The van der Waals surface area contributed by atoms with Gasteiger partial charge < -0.3 is 14.5 Å². The van der Waals surface area contributed by atoms with Crippen molar-refractivity contribution in [1.82, 2.24) is 14.9 Å². The molecule has 2 aromatic rings. The summed E-state index contributed by atoms with van der Waals surface area (Å²) in [6.45, 7) is 10.5. The van der Waals surface area contributed by atoms with Crippen molar-refractivity contribution in [2.24, 2.45) is 0 Å². The first-order valence-corrected chi connectivity index (χ1v) is 11.1. The van der Waals surface area contributed by atoms with Crippen LogP contribution in [0.5, 0.6) is 5.75 Å². The summed E-state index contributed by atoms with van der Waals surface area (Å²) in [5, 5.41) is 0. The Balaban J connectivity index is 1.16. The average Bonchev–Trinajstić information content (AvgIpc) is 3.44. The number of nitrogens with zero attached hydrogens (tertiary/aromatic N) is 5. The van der Waals surface area contributed by atoms with Crippen molar-refractivity contribution in [3.05, 3.63) is 41.2 Å². The molecule has 0 radical (unpaired) electrons. The third-order valence-electron chi connectivity index (χ3n) is 6.41. The van der Waals surface area contributed by atoms with Gasteiger partial charge in [-0.25, -0.2) is 9.97 Å². The molecular formula is C23H31N5O. The van der Waals surface area contributed by atoms with Crippen molar-refractivity contribution < 1.29 is 4.74 Å². The van der Waals surface area contributed by atoms with Gasteiger partial charge in [0.1, 0.15) is 23.2 Å². The van der Waals surface area contributed by atoms with Crippen LogP contribution in [0.25, 0.3) is 0 Å². The molecule has 6 heteroatoms. The highest BCUT2D eigenvalue weighted by Crippen LogP contribution is 2.26. The Morgan fingerprint density at radius 1 is 0.897 bits per heavy atom. The van der Waals surface area contributed by atoms with Crippen LogP contribution in [0, 0.1) is 6.92 Å². The first-order valence-electron chi connectivity index (χ1n) is 11.1. The quantitative estimate of drug-likeness (QED) is 0.778. The van der Waals surface area contributed by atoms with E-state index in [1.54, 1.807) is 0 Å². The van der Waals surface area contributed by atoms with Gasteiger partial charge in [0.05, 0.1) is 6.61 Å². The van der Waals surface area contributed by atoms with E-state index in [0.717, 1.165) is 88.5 Å². The van der Waals surface area contributed by atoms with E-state index in [9.17, 15) is 0 Å². The van der Waals surface area contributed by atoms with E-state index in [1.807, 2.05) is 6.92 Å². The molecule has 3 aliphatic heterocycles. The van der Waals surface area contributed by atoms with Gasteiger partial charge in [-0.3, -0.25) is 4.90 Å². The number of aromatic nitrogens is 2. The number of piperazine rings is 1. The van der Waals surface area contributed by atoms with Gasteiger partial charge >= 0.3 is 0 Å². The van der Waals surface area contributed by atoms with Crippen molar-refractivity contribution in [3.63, 3.8) is 0 Å². The van der Waals surface area contributed by atoms with Crippen LogP contribution in [-0.2, 0) is 12.8 Å². The highest BCUT2D eigenvalue weighted by molar-refractivity contribution is 5.51. The Bertz CT molecular complexity index is 856. The maximum Gasteiger partial charge on any atom is 0.134 e. The van der Waals surface area contributed by atoms with Crippen LogP contribution < -0.4 is 14.5 Å². The number of rotatable bonds is 5. The normalized spacial score (nSPS) is 19.5. The molecule has 0 N–H and O–H groups in total. The van der Waals surface area contributed by atoms with E-state index in [0.29, 0.717) is 0 Å². The standard InChI is InChI=1S/C23H31N5O/c1-18-24-22(27-8-2-3-9-27)17-23(25-18)28-13-11-26(12-14-28)10-6-19-4-5-21-20(16-19)7-15-29-21/h4-5,16-17H,2-3,6-15H2,1H3. The van der Waals surface area contributed by atoms with Crippen LogP contribution in [0.4, 0.5) is 11.6 Å². The summed E-state index contributed by atoms with van der Waals surface area (Å²) in [7, 11) is 0. The third-order valence-corrected chi connectivity index (χ3v) is 6.41. The summed E-state index contributed by atoms with van der Waals surface area (Å²) in [5.74, 6) is 4.16. The number of ether oxygens (including phenoxy) is 1. The SMILES string of the molecule is Cc1nc(N2CCCC2)cc(N2CCN(CCc3ccc4c(c3)CCO4)CC2)n1. The van der Waals surface area contributed by atoms with Crippen LogP contribution >= 0.6 is 0 Å². The molecule has 2 saturated heterocycles. The Morgan fingerprint density at radius 3 is 2.38 bits per heavy atom. The maximum atomic E-state index is 5.62. The molecule has 2 fully saturated rings. The van der Waals surface area contributed by atoms with E-state index >= 15 is 0 Å². The Morgan fingerprint density at radius 2 is 1.62 bits per heavy atom. The van der Waals surface area contributed by atoms with Crippen LogP contribution in [0.3, 0.4) is 0 Å². The number of fused-ring (bicyclic) bond motifs is 1. The van der Waals surface area contributed by atoms with E-state index in [-0.39, 0.29) is 0 Å². The lowest BCUT2D eigenvalue weighted by Crippen LogP contribution is -2.47. The van der Waals surface area contributed by atoms with Gasteiger partial charge in [-0.05, 0) is 43.4 Å². The smallest absolute Gasteiger partial charge is 0.134 e. The van der Waals surface area contributed by atoms with Gasteiger partial charge in [-0.15, -0.1) is 0 Å². The van der Waals surface area contributed by atoms with Gasteiger partial charge in [-0.2, -0.15) is 0 Å². The number of anilines is 2. The molecule has 0 spiro atoms. The van der Waals surface area contributed by atoms with Crippen LogP contribution in [0.15, 0.2) is 24.3 Å². The fourth-order valence-corrected chi connectivity index (χ4v) is 4.69. The molecule has 5 rings (SSSR count). The zero-order valence-corrected chi connectivity index (χ0v) is 17.4. The minimum atomic E-state index is 0.836. The molecule has 29 heavy (non-hydrogen) atoms. The second-order valence-corrected chi connectivity index (χ2v) is 8.44. The van der Waals surface area contributed by atoms with Crippen molar-refractivity contribution in [1.29, 1.82) is 0 Å². The number of hydrogen-bond acceptors (Lipinski definition) is 6. The second kappa shape index (κ2) is 8.19. The minimum Gasteiger partial charge on any atom is -0.493 e. The number of benzene rings is 1. The van der Waals surface area contributed by atoms with Crippen LogP contribution in [0.1, 0.15) is 29.8 Å². The van der Waals surface area contributed by atoms with Crippen LogP contribution in [-0.4, -0.2) is 67.3 Å². The van der Waals surface area contributed by atoms with Gasteiger partial charge in [-0.1, -0.05) is 12.1 Å². The van der Waals surface area contributed by atoms with Crippen molar-refractivity contribution >= 4 is 11.6 Å². The predicted molar refractivity (Wildman–Crippen MR) is 116 cm³/mol. The summed E-state index contributed by atoms with van der Waals surface area (Å²) in [6, 6.07) is 8.90. The molecule has 0 bridgehead atoms. The first-order chi connectivity index (χ1) is 14.2. The van der Waals surface area contributed by atoms with Gasteiger partial charge in [0, 0.05) is 58.3 Å². The molecular weight excluding hydrogens is 362 g/mol. The summed E-state index contributed by atoms with van der Waals surface area (Å²) in [6.07, 6.45) is 4.71. The van der Waals surface area contributed by atoms with Gasteiger partial charge in [0.15, 0.2) is 0 Å². The fourth-order valence-electron chi connectivity index (χ4n) is 4.69. The topological polar surface area (TPSA) is 44.7 Å². The zero-order chi connectivity index (χ0) is 19.6. The Hall–Kier alpha value is -2.34. The summed E-state index contributed by atoms with van der Waals surface area (Å²) < 4.78 is 5.62. The lowest BCUT2D eigenvalue weighted by Gasteiger charge is -2.35. The lowest BCUT2D eigenvalue weighted by molar-refractivity contribution is 0.260. The minimum absolute atomic E-state index is 0.836. The fraction of sp³-hybridized carbons (Fsp3) is 0.565. The highest BCUT2D eigenvalue weighted by Gasteiger charge is 2.21. The molecule has 6 nitrogen and oxygen atoms in total. The molecule has 154 valence electrons. The zero-order valence-electron chi connectivity index (χ0n) is 17.4. The van der Waals surface area contributed by atoms with Crippen molar-refractivity contribution in [2.75, 3.05) is 62.2 Å². The monoisotopic (exact) mass is 393 g/mol. The summed E-state index contributed by atoms with van der Waals surface area (Å²) in [5.41, 5.74) is 2.80. The second-order valence-electron chi connectivity index (χ2n) is 8.44.